The predicted octanol–water partition coefficient (Wildman–Crippen LogP) is 3.10. The molecule has 0 aliphatic heterocycles. The average Bonchev–Trinajstić information content (AvgIpc) is 3.33. The fourth-order valence-corrected chi connectivity index (χ4v) is 6.13. The lowest BCUT2D eigenvalue weighted by Gasteiger charge is -2.11. The second kappa shape index (κ2) is 8.95. The van der Waals surface area contributed by atoms with Crippen molar-refractivity contribution in [3.63, 3.8) is 0 Å². The Morgan fingerprint density at radius 3 is 2.60 bits per heavy atom. The summed E-state index contributed by atoms with van der Waals surface area (Å²) < 4.78 is 32.2. The highest BCUT2D eigenvalue weighted by molar-refractivity contribution is 7.91. The van der Waals surface area contributed by atoms with Gasteiger partial charge in [0.15, 0.2) is 5.75 Å². The minimum Gasteiger partial charge on any atom is -0.437 e. The summed E-state index contributed by atoms with van der Waals surface area (Å²) in [5, 5.41) is 8.65. The van der Waals surface area contributed by atoms with Gasteiger partial charge in [-0.3, -0.25) is 9.59 Å². The summed E-state index contributed by atoms with van der Waals surface area (Å²) in [5.41, 5.74) is 2.59. The van der Waals surface area contributed by atoms with Gasteiger partial charge in [-0.25, -0.2) is 18.5 Å². The van der Waals surface area contributed by atoms with Gasteiger partial charge in [-0.15, -0.1) is 11.3 Å². The van der Waals surface area contributed by atoms with Crippen molar-refractivity contribution in [2.45, 2.75) is 31.9 Å². The van der Waals surface area contributed by atoms with Crippen molar-refractivity contribution < 1.29 is 17.9 Å². The molecular weight excluding hydrogens is 490 g/mol. The summed E-state index contributed by atoms with van der Waals surface area (Å²) >= 11 is 0.936. The Kier molecular flexibility index (Phi) is 6.30. The molecule has 4 aromatic heterocycles. The fourth-order valence-electron chi connectivity index (χ4n) is 3.90. The highest BCUT2D eigenvalue weighted by Gasteiger charge is 2.27. The number of hydrogen-bond donors (Lipinski definition) is 3. The smallest absolute Gasteiger partial charge is 0.274 e. The van der Waals surface area contributed by atoms with Crippen LogP contribution in [-0.4, -0.2) is 35.4 Å². The Bertz CT molecular complexity index is 1630. The van der Waals surface area contributed by atoms with Gasteiger partial charge in [0.05, 0.1) is 4.88 Å². The van der Waals surface area contributed by atoms with Crippen LogP contribution in [0.25, 0.3) is 21.3 Å². The number of rotatable bonds is 6. The molecule has 0 aromatic carbocycles. The summed E-state index contributed by atoms with van der Waals surface area (Å²) in [6.45, 7) is 7.54. The number of carbonyl (C=O) groups is 1. The van der Waals surface area contributed by atoms with Gasteiger partial charge in [-0.05, 0) is 45.4 Å². The Morgan fingerprint density at radius 1 is 1.26 bits per heavy atom. The maximum atomic E-state index is 12.8. The normalized spacial score (nSPS) is 11.7. The number of pyridine rings is 2. The van der Waals surface area contributed by atoms with Gasteiger partial charge in [0.25, 0.3) is 11.5 Å². The summed E-state index contributed by atoms with van der Waals surface area (Å²) in [5.74, 6) is 0.196. The van der Waals surface area contributed by atoms with Gasteiger partial charge in [-0.2, -0.15) is 0 Å². The lowest BCUT2D eigenvalue weighted by Crippen LogP contribution is -2.23. The number of H-pyrrole nitrogens is 1. The maximum Gasteiger partial charge on any atom is 0.274 e. The summed E-state index contributed by atoms with van der Waals surface area (Å²) in [7, 11) is -2.49. The Morgan fingerprint density at radius 2 is 1.97 bits per heavy atom. The zero-order valence-electron chi connectivity index (χ0n) is 19.8. The molecule has 184 valence electrons. The van der Waals surface area contributed by atoms with E-state index in [-0.39, 0.29) is 32.6 Å². The zero-order chi connectivity index (χ0) is 25.7. The third-order valence-electron chi connectivity index (χ3n) is 5.38. The molecule has 4 rings (SSSR count). The van der Waals surface area contributed by atoms with Gasteiger partial charge in [-0.1, -0.05) is 0 Å². The second-order valence-corrected chi connectivity index (χ2v) is 11.0. The van der Waals surface area contributed by atoms with E-state index in [9.17, 15) is 18.0 Å². The monoisotopic (exact) mass is 515 g/mol. The first-order valence-electron chi connectivity index (χ1n) is 10.7. The first-order valence-corrected chi connectivity index (χ1v) is 13.1. The van der Waals surface area contributed by atoms with Crippen LogP contribution in [0.2, 0.25) is 0 Å². The van der Waals surface area contributed by atoms with Crippen molar-refractivity contribution in [1.82, 2.24) is 19.9 Å². The average molecular weight is 516 g/mol. The molecule has 0 saturated carbocycles. The summed E-state index contributed by atoms with van der Waals surface area (Å²) in [6, 6.07) is 5.20. The maximum absolute atomic E-state index is 12.8. The molecule has 4 aromatic rings. The molecule has 0 saturated heterocycles. The number of nitrogens with two attached hydrogens (primary N) is 1. The number of amides is 1. The molecule has 0 atom stereocenters. The predicted molar refractivity (Wildman–Crippen MR) is 135 cm³/mol. The van der Waals surface area contributed by atoms with E-state index in [0.717, 1.165) is 22.6 Å². The number of hydrogen-bond acceptors (Lipinski definition) is 7. The zero-order valence-corrected chi connectivity index (χ0v) is 21.5. The van der Waals surface area contributed by atoms with E-state index in [1.54, 1.807) is 39.2 Å². The molecule has 35 heavy (non-hydrogen) atoms. The second-order valence-electron chi connectivity index (χ2n) is 8.23. The van der Waals surface area contributed by atoms with Crippen molar-refractivity contribution in [3.8, 4) is 22.1 Å². The Labute approximate surface area is 205 Å². The standard InChI is InChI=1S/C23H25N5O5S2/c1-6-25-21(29)16-9-14-15(10-28(5)22(30)18(14)27-16)20-19(13(4)23(34-20)35(24,31)32)33-17-8-11(2)7-12(3)26-17/h7-10,27H,6H2,1-5H3,(H,25,29)(H2,24,31,32). The number of aromatic amines is 1. The van der Waals surface area contributed by atoms with Crippen LogP contribution >= 0.6 is 11.3 Å². The van der Waals surface area contributed by atoms with Crippen molar-refractivity contribution in [2.24, 2.45) is 12.2 Å². The van der Waals surface area contributed by atoms with E-state index in [2.05, 4.69) is 15.3 Å². The molecule has 0 unspecified atom stereocenters. The fraction of sp³-hybridized carbons (Fsp3) is 0.261. The molecule has 4 N–H and O–H groups in total. The summed E-state index contributed by atoms with van der Waals surface area (Å²) in [4.78, 5) is 33.0. The van der Waals surface area contributed by atoms with Crippen molar-refractivity contribution in [2.75, 3.05) is 6.54 Å². The van der Waals surface area contributed by atoms with Crippen LogP contribution in [0.15, 0.2) is 33.4 Å². The molecule has 0 radical (unpaired) electrons. The lowest BCUT2D eigenvalue weighted by atomic mass is 10.1. The first-order chi connectivity index (χ1) is 16.4. The number of aromatic nitrogens is 3. The van der Waals surface area contributed by atoms with Crippen LogP contribution < -0.4 is 20.8 Å². The molecule has 0 aliphatic rings. The highest BCUT2D eigenvalue weighted by atomic mass is 32.2. The molecule has 1 amide bonds. The largest absolute Gasteiger partial charge is 0.437 e. The highest BCUT2D eigenvalue weighted by Crippen LogP contribution is 2.47. The number of thiophene rings is 1. The minimum absolute atomic E-state index is 0.0617. The van der Waals surface area contributed by atoms with E-state index in [0.29, 0.717) is 33.8 Å². The number of sulfonamides is 1. The van der Waals surface area contributed by atoms with Gasteiger partial charge in [0, 0.05) is 48.1 Å². The van der Waals surface area contributed by atoms with Gasteiger partial charge in [0.1, 0.15) is 15.4 Å². The van der Waals surface area contributed by atoms with E-state index in [1.807, 2.05) is 19.9 Å². The van der Waals surface area contributed by atoms with Crippen molar-refractivity contribution in [3.05, 3.63) is 57.3 Å². The Balaban J connectivity index is 2.02. The van der Waals surface area contributed by atoms with Crippen LogP contribution in [0.3, 0.4) is 0 Å². The number of nitrogens with one attached hydrogen (secondary N) is 2. The number of carbonyl (C=O) groups excluding carboxylic acids is 1. The number of fused-ring (bicyclic) bond motifs is 1. The van der Waals surface area contributed by atoms with Gasteiger partial charge < -0.3 is 19.6 Å². The molecule has 0 spiro atoms. The summed E-state index contributed by atoms with van der Waals surface area (Å²) in [6.07, 6.45) is 1.58. The molecule has 4 heterocycles. The van der Waals surface area contributed by atoms with Crippen LogP contribution in [-0.2, 0) is 17.1 Å². The Hall–Kier alpha value is -3.48. The van der Waals surface area contributed by atoms with E-state index in [4.69, 9.17) is 9.88 Å². The van der Waals surface area contributed by atoms with Crippen LogP contribution in [0.1, 0.15) is 34.2 Å². The van der Waals surface area contributed by atoms with Crippen LogP contribution in [0.4, 0.5) is 0 Å². The van der Waals surface area contributed by atoms with Crippen molar-refractivity contribution >= 4 is 38.2 Å². The molecule has 12 heteroatoms. The van der Waals surface area contributed by atoms with Crippen molar-refractivity contribution in [1.29, 1.82) is 0 Å². The molecule has 0 aliphatic carbocycles. The number of primary sulfonamides is 1. The van der Waals surface area contributed by atoms with Crippen LogP contribution in [0.5, 0.6) is 11.6 Å². The third kappa shape index (κ3) is 4.59. The third-order valence-corrected chi connectivity index (χ3v) is 8.25. The topological polar surface area (TPSA) is 149 Å². The quantitative estimate of drug-likeness (QED) is 0.359. The molecular formula is C23H25N5O5S2. The lowest BCUT2D eigenvalue weighted by molar-refractivity contribution is 0.0951. The SMILES string of the molecule is CCNC(=O)c1cc2c(-c3sc(S(N)(=O)=O)c(C)c3Oc3cc(C)cc(C)n3)cn(C)c(=O)c2[nH]1. The van der Waals surface area contributed by atoms with E-state index >= 15 is 0 Å². The van der Waals surface area contributed by atoms with Gasteiger partial charge in [0.2, 0.25) is 15.9 Å². The van der Waals surface area contributed by atoms with E-state index in [1.165, 1.54) is 4.57 Å². The number of aryl methyl sites for hydroxylation is 3. The molecule has 10 nitrogen and oxygen atoms in total. The molecule has 0 bridgehead atoms. The number of ether oxygens (including phenoxy) is 1. The first kappa shape index (κ1) is 24.6. The molecule has 0 fully saturated rings. The van der Waals surface area contributed by atoms with Crippen LogP contribution in [0, 0.1) is 20.8 Å². The minimum atomic E-state index is -4.06. The number of nitrogens with zero attached hydrogens (tertiary/aromatic N) is 2. The van der Waals surface area contributed by atoms with Gasteiger partial charge >= 0.3 is 0 Å². The van der Waals surface area contributed by atoms with E-state index < -0.39 is 10.0 Å².